The van der Waals surface area contributed by atoms with Crippen molar-refractivity contribution in [3.63, 3.8) is 0 Å². The van der Waals surface area contributed by atoms with Crippen molar-refractivity contribution >= 4 is 5.91 Å². The zero-order chi connectivity index (χ0) is 13.6. The first-order valence-electron chi connectivity index (χ1n) is 5.91. The summed E-state index contributed by atoms with van der Waals surface area (Å²) in [7, 11) is 0. The summed E-state index contributed by atoms with van der Waals surface area (Å²) < 4.78 is 0. The van der Waals surface area contributed by atoms with Crippen LogP contribution in [0.1, 0.15) is 42.6 Å². The van der Waals surface area contributed by atoms with Crippen molar-refractivity contribution in [3.8, 4) is 18.4 Å². The maximum atomic E-state index is 12.0. The van der Waals surface area contributed by atoms with Gasteiger partial charge in [-0.15, -0.1) is 6.42 Å². The predicted octanol–water partition coefficient (Wildman–Crippen LogP) is 2.48. The van der Waals surface area contributed by atoms with E-state index in [4.69, 9.17) is 11.7 Å². The van der Waals surface area contributed by atoms with Gasteiger partial charge in [0.05, 0.1) is 11.6 Å². The van der Waals surface area contributed by atoms with Crippen LogP contribution in [0.3, 0.4) is 0 Å². The highest BCUT2D eigenvalue weighted by molar-refractivity contribution is 5.95. The molecule has 3 nitrogen and oxygen atoms in total. The van der Waals surface area contributed by atoms with Gasteiger partial charge in [0.2, 0.25) is 0 Å². The number of carbonyl (C=O) groups is 1. The van der Waals surface area contributed by atoms with Gasteiger partial charge in [-0.25, -0.2) is 0 Å². The Hall–Kier alpha value is -2.26. The molecule has 0 heterocycles. The lowest BCUT2D eigenvalue weighted by Crippen LogP contribution is -2.46. The fourth-order valence-corrected chi connectivity index (χ4v) is 1.65. The molecule has 0 spiro atoms. The molecule has 0 radical (unpaired) electrons. The molecular weight excluding hydrogens is 224 g/mol. The van der Waals surface area contributed by atoms with Crippen molar-refractivity contribution in [2.24, 2.45) is 0 Å². The van der Waals surface area contributed by atoms with E-state index in [0.29, 0.717) is 24.0 Å². The van der Waals surface area contributed by atoms with Gasteiger partial charge in [-0.3, -0.25) is 4.79 Å². The Morgan fingerprint density at radius 2 is 1.89 bits per heavy atom. The molecule has 0 saturated carbocycles. The fraction of sp³-hybridized carbons (Fsp3) is 0.333. The summed E-state index contributed by atoms with van der Waals surface area (Å²) in [5.74, 6) is 2.45. The Labute approximate surface area is 108 Å². The van der Waals surface area contributed by atoms with Crippen molar-refractivity contribution in [3.05, 3.63) is 35.4 Å². The van der Waals surface area contributed by atoms with Crippen molar-refractivity contribution in [2.75, 3.05) is 0 Å². The quantitative estimate of drug-likeness (QED) is 0.822. The van der Waals surface area contributed by atoms with Gasteiger partial charge in [0.25, 0.3) is 5.91 Å². The van der Waals surface area contributed by atoms with E-state index in [2.05, 4.69) is 11.2 Å². The van der Waals surface area contributed by atoms with E-state index in [0.717, 1.165) is 0 Å². The van der Waals surface area contributed by atoms with Gasteiger partial charge < -0.3 is 5.32 Å². The van der Waals surface area contributed by atoms with Crippen molar-refractivity contribution in [1.82, 2.24) is 5.32 Å². The highest BCUT2D eigenvalue weighted by Gasteiger charge is 2.25. The van der Waals surface area contributed by atoms with Gasteiger partial charge in [-0.1, -0.05) is 19.8 Å². The van der Waals surface area contributed by atoms with E-state index in [9.17, 15) is 4.79 Å². The van der Waals surface area contributed by atoms with Crippen LogP contribution < -0.4 is 5.32 Å². The Kier molecular flexibility index (Phi) is 4.52. The number of benzene rings is 1. The summed E-state index contributed by atoms with van der Waals surface area (Å²) >= 11 is 0. The summed E-state index contributed by atoms with van der Waals surface area (Å²) in [6.07, 6.45) is 6.86. The molecule has 0 aliphatic carbocycles. The second-order valence-electron chi connectivity index (χ2n) is 4.08. The van der Waals surface area contributed by atoms with E-state index in [1.807, 2.05) is 19.9 Å². The Balaban J connectivity index is 2.88. The topological polar surface area (TPSA) is 52.9 Å². The molecule has 0 aliphatic heterocycles. The molecule has 1 N–H and O–H groups in total. The second kappa shape index (κ2) is 5.89. The Bertz CT molecular complexity index is 499. The first-order chi connectivity index (χ1) is 8.60. The molecule has 18 heavy (non-hydrogen) atoms. The van der Waals surface area contributed by atoms with Crippen molar-refractivity contribution in [1.29, 1.82) is 5.26 Å². The van der Waals surface area contributed by atoms with Crippen LogP contribution in [0.4, 0.5) is 0 Å². The van der Waals surface area contributed by atoms with Crippen LogP contribution in [0.5, 0.6) is 0 Å². The molecule has 1 rings (SSSR count). The smallest absolute Gasteiger partial charge is 0.252 e. The van der Waals surface area contributed by atoms with Crippen LogP contribution >= 0.6 is 0 Å². The lowest BCUT2D eigenvalue weighted by molar-refractivity contribution is 0.0916. The van der Waals surface area contributed by atoms with E-state index >= 15 is 0 Å². The second-order valence-corrected chi connectivity index (χ2v) is 4.08. The molecule has 0 unspecified atom stereocenters. The summed E-state index contributed by atoms with van der Waals surface area (Å²) in [5, 5.41) is 11.6. The maximum absolute atomic E-state index is 12.0. The summed E-state index contributed by atoms with van der Waals surface area (Å²) in [6, 6.07) is 8.49. The van der Waals surface area contributed by atoms with Crippen LogP contribution in [0.2, 0.25) is 0 Å². The highest BCUT2D eigenvalue weighted by atomic mass is 16.1. The molecule has 0 saturated heterocycles. The largest absolute Gasteiger partial charge is 0.336 e. The van der Waals surface area contributed by atoms with E-state index in [1.165, 1.54) is 0 Å². The highest BCUT2D eigenvalue weighted by Crippen LogP contribution is 2.15. The molecule has 0 aromatic heterocycles. The van der Waals surface area contributed by atoms with Gasteiger partial charge >= 0.3 is 0 Å². The number of rotatable bonds is 4. The van der Waals surface area contributed by atoms with Crippen LogP contribution in [-0.2, 0) is 0 Å². The number of nitrogens with zero attached hydrogens (tertiary/aromatic N) is 1. The van der Waals surface area contributed by atoms with E-state index < -0.39 is 5.54 Å². The molecule has 1 aromatic carbocycles. The average Bonchev–Trinajstić information content (AvgIpc) is 2.45. The fourth-order valence-electron chi connectivity index (χ4n) is 1.65. The molecule has 0 fully saturated rings. The third-order valence-electron chi connectivity index (χ3n) is 3.11. The average molecular weight is 240 g/mol. The van der Waals surface area contributed by atoms with Crippen LogP contribution in [0.25, 0.3) is 0 Å². The minimum absolute atomic E-state index is 0.207. The number of nitrogens with one attached hydrogen (secondary N) is 1. The van der Waals surface area contributed by atoms with Crippen molar-refractivity contribution < 1.29 is 4.79 Å². The normalized spacial score (nSPS) is 10.2. The third-order valence-corrected chi connectivity index (χ3v) is 3.11. The molecule has 1 amide bonds. The lowest BCUT2D eigenvalue weighted by Gasteiger charge is -2.27. The van der Waals surface area contributed by atoms with Crippen LogP contribution in [0, 0.1) is 23.7 Å². The maximum Gasteiger partial charge on any atom is 0.252 e. The van der Waals surface area contributed by atoms with E-state index in [-0.39, 0.29) is 5.91 Å². The molecule has 0 atom stereocenters. The molecular formula is C15H16N2O. The van der Waals surface area contributed by atoms with Gasteiger partial charge in [0.1, 0.15) is 5.54 Å². The minimum atomic E-state index is -0.592. The number of amides is 1. The van der Waals surface area contributed by atoms with Gasteiger partial charge in [0, 0.05) is 5.56 Å². The number of carbonyl (C=O) groups excluding carboxylic acids is 1. The number of nitriles is 1. The SMILES string of the molecule is C#CC(CC)(CC)NC(=O)c1ccc(C#N)cc1. The van der Waals surface area contributed by atoms with Crippen LogP contribution in [0.15, 0.2) is 24.3 Å². The van der Waals surface area contributed by atoms with Gasteiger partial charge in [-0.05, 0) is 37.1 Å². The number of hydrogen-bond donors (Lipinski definition) is 1. The zero-order valence-corrected chi connectivity index (χ0v) is 10.7. The molecule has 1 aromatic rings. The monoisotopic (exact) mass is 240 g/mol. The summed E-state index contributed by atoms with van der Waals surface area (Å²) in [6.45, 7) is 3.89. The lowest BCUT2D eigenvalue weighted by atomic mass is 9.93. The summed E-state index contributed by atoms with van der Waals surface area (Å²) in [5.41, 5.74) is 0.446. The molecule has 0 aliphatic rings. The Morgan fingerprint density at radius 3 is 2.28 bits per heavy atom. The summed E-state index contributed by atoms with van der Waals surface area (Å²) in [4.78, 5) is 12.0. The Morgan fingerprint density at radius 1 is 1.33 bits per heavy atom. The third kappa shape index (κ3) is 2.90. The van der Waals surface area contributed by atoms with Gasteiger partial charge in [0.15, 0.2) is 0 Å². The van der Waals surface area contributed by atoms with Gasteiger partial charge in [-0.2, -0.15) is 5.26 Å². The number of terminal acetylenes is 1. The first-order valence-corrected chi connectivity index (χ1v) is 5.91. The first kappa shape index (κ1) is 13.8. The molecule has 0 bridgehead atoms. The minimum Gasteiger partial charge on any atom is -0.336 e. The molecule has 3 heteroatoms. The number of hydrogen-bond acceptors (Lipinski definition) is 2. The van der Waals surface area contributed by atoms with E-state index in [1.54, 1.807) is 24.3 Å². The zero-order valence-electron chi connectivity index (χ0n) is 10.7. The standard InChI is InChI=1S/C15H16N2O/c1-4-15(5-2,6-3)17-14(18)13-9-7-12(11-16)8-10-13/h1,7-10H,5-6H2,2-3H3,(H,17,18). The molecule has 92 valence electrons. The van der Waals surface area contributed by atoms with Crippen LogP contribution in [-0.4, -0.2) is 11.4 Å². The van der Waals surface area contributed by atoms with Crippen molar-refractivity contribution in [2.45, 2.75) is 32.2 Å². The predicted molar refractivity (Wildman–Crippen MR) is 70.8 cm³/mol.